The molecule has 4 nitrogen and oxygen atoms in total. The van der Waals surface area contributed by atoms with Gasteiger partial charge in [0.2, 0.25) is 0 Å². The number of amides is 1. The Kier molecular flexibility index (Phi) is 3.30. The van der Waals surface area contributed by atoms with Gasteiger partial charge in [0.05, 0.1) is 18.7 Å². The van der Waals surface area contributed by atoms with Crippen LogP contribution in [0.2, 0.25) is 0 Å². The molecule has 1 atom stereocenters. The zero-order chi connectivity index (χ0) is 12.4. The Hall–Kier alpha value is -1.39. The van der Waals surface area contributed by atoms with E-state index >= 15 is 0 Å². The smallest absolute Gasteiger partial charge is 0.253 e. The normalized spacial score (nSPS) is 24.6. The van der Waals surface area contributed by atoms with Gasteiger partial charge in [-0.2, -0.15) is 5.06 Å². The van der Waals surface area contributed by atoms with Gasteiger partial charge in [-0.1, -0.05) is 24.6 Å². The molecule has 2 aliphatic heterocycles. The maximum absolute atomic E-state index is 11.8. The third kappa shape index (κ3) is 2.13. The molecular weight excluding hydrogens is 228 g/mol. The average Bonchev–Trinajstić information content (AvgIpc) is 2.86. The second-order valence-electron chi connectivity index (χ2n) is 4.83. The van der Waals surface area contributed by atoms with Crippen molar-refractivity contribution in [3.63, 3.8) is 0 Å². The molecule has 0 spiro atoms. The van der Waals surface area contributed by atoms with Gasteiger partial charge in [0.25, 0.3) is 5.91 Å². The lowest BCUT2D eigenvalue weighted by Crippen LogP contribution is -2.30. The van der Waals surface area contributed by atoms with Gasteiger partial charge in [0.1, 0.15) is 0 Å². The van der Waals surface area contributed by atoms with Crippen LogP contribution in [0.1, 0.15) is 37.3 Å². The van der Waals surface area contributed by atoms with Crippen LogP contribution in [0.4, 0.5) is 5.69 Å². The largest absolute Gasteiger partial charge is 0.310 e. The number of benzene rings is 1. The standard InChI is InChI=1S/C14H18N2O2/c17-14-8-10-18-16(14)13-7-2-1-5-11(13)12-6-3-4-9-15-12/h1-2,5,7,12,15H,3-4,6,8-10H2. The van der Waals surface area contributed by atoms with Crippen LogP contribution in [-0.4, -0.2) is 19.1 Å². The van der Waals surface area contributed by atoms with Crippen molar-refractivity contribution in [3.05, 3.63) is 29.8 Å². The number of carbonyl (C=O) groups is 1. The molecule has 0 bridgehead atoms. The number of rotatable bonds is 2. The molecule has 1 aromatic carbocycles. The van der Waals surface area contributed by atoms with Crippen molar-refractivity contribution in [1.82, 2.24) is 5.32 Å². The van der Waals surface area contributed by atoms with Crippen molar-refractivity contribution < 1.29 is 9.63 Å². The van der Waals surface area contributed by atoms with Crippen LogP contribution in [0.3, 0.4) is 0 Å². The molecule has 0 aromatic heterocycles. The number of hydrogen-bond acceptors (Lipinski definition) is 3. The Morgan fingerprint density at radius 2 is 2.17 bits per heavy atom. The molecule has 0 saturated carbocycles. The van der Waals surface area contributed by atoms with Crippen LogP contribution in [0, 0.1) is 0 Å². The van der Waals surface area contributed by atoms with E-state index in [1.807, 2.05) is 18.2 Å². The predicted octanol–water partition coefficient (Wildman–Crippen LogP) is 2.17. The second kappa shape index (κ2) is 5.08. The third-order valence-corrected chi connectivity index (χ3v) is 3.60. The highest BCUT2D eigenvalue weighted by atomic mass is 16.7. The Morgan fingerprint density at radius 3 is 2.89 bits per heavy atom. The molecule has 0 aliphatic carbocycles. The highest BCUT2D eigenvalue weighted by Gasteiger charge is 2.27. The van der Waals surface area contributed by atoms with Gasteiger partial charge in [-0.15, -0.1) is 0 Å². The molecule has 2 aliphatic rings. The minimum atomic E-state index is 0.0539. The molecule has 1 amide bonds. The Labute approximate surface area is 107 Å². The van der Waals surface area contributed by atoms with E-state index in [2.05, 4.69) is 11.4 Å². The SMILES string of the molecule is O=C1CCON1c1ccccc1C1CCCCN1. The fraction of sp³-hybridized carbons (Fsp3) is 0.500. The number of nitrogens with zero attached hydrogens (tertiary/aromatic N) is 1. The van der Waals surface area contributed by atoms with Gasteiger partial charge in [0.15, 0.2) is 0 Å². The number of piperidine rings is 1. The first-order chi connectivity index (χ1) is 8.86. The van der Waals surface area contributed by atoms with E-state index in [-0.39, 0.29) is 5.91 Å². The minimum Gasteiger partial charge on any atom is -0.310 e. The highest BCUT2D eigenvalue weighted by Crippen LogP contribution is 2.32. The van der Waals surface area contributed by atoms with Crippen molar-refractivity contribution in [3.8, 4) is 0 Å². The second-order valence-corrected chi connectivity index (χ2v) is 4.83. The van der Waals surface area contributed by atoms with Crippen molar-refractivity contribution in [2.75, 3.05) is 18.2 Å². The van der Waals surface area contributed by atoms with E-state index in [9.17, 15) is 4.79 Å². The van der Waals surface area contributed by atoms with Crippen molar-refractivity contribution in [2.45, 2.75) is 31.7 Å². The number of nitrogens with one attached hydrogen (secondary N) is 1. The van der Waals surface area contributed by atoms with Crippen LogP contribution < -0.4 is 10.4 Å². The van der Waals surface area contributed by atoms with Crippen molar-refractivity contribution in [2.24, 2.45) is 0 Å². The first-order valence-electron chi connectivity index (χ1n) is 6.64. The number of carbonyl (C=O) groups excluding carboxylic acids is 1. The molecule has 3 rings (SSSR count). The molecule has 18 heavy (non-hydrogen) atoms. The van der Waals surface area contributed by atoms with E-state index in [1.165, 1.54) is 23.5 Å². The Balaban J connectivity index is 1.91. The fourth-order valence-corrected chi connectivity index (χ4v) is 2.69. The quantitative estimate of drug-likeness (QED) is 0.869. The van der Waals surface area contributed by atoms with Gasteiger partial charge in [-0.05, 0) is 31.0 Å². The molecule has 2 fully saturated rings. The van der Waals surface area contributed by atoms with Crippen molar-refractivity contribution in [1.29, 1.82) is 0 Å². The van der Waals surface area contributed by atoms with Crippen LogP contribution in [0.25, 0.3) is 0 Å². The Morgan fingerprint density at radius 1 is 1.28 bits per heavy atom. The third-order valence-electron chi connectivity index (χ3n) is 3.60. The highest BCUT2D eigenvalue weighted by molar-refractivity contribution is 5.93. The molecule has 96 valence electrons. The average molecular weight is 246 g/mol. The van der Waals surface area contributed by atoms with Gasteiger partial charge in [-0.25, -0.2) is 0 Å². The van der Waals surface area contributed by atoms with Gasteiger partial charge >= 0.3 is 0 Å². The predicted molar refractivity (Wildman–Crippen MR) is 69.1 cm³/mol. The summed E-state index contributed by atoms with van der Waals surface area (Å²) in [5.41, 5.74) is 2.08. The zero-order valence-corrected chi connectivity index (χ0v) is 10.4. The number of hydroxylamine groups is 1. The monoisotopic (exact) mass is 246 g/mol. The van der Waals surface area contributed by atoms with E-state index < -0.39 is 0 Å². The number of hydrogen-bond donors (Lipinski definition) is 1. The lowest BCUT2D eigenvalue weighted by molar-refractivity contribution is -0.119. The zero-order valence-electron chi connectivity index (χ0n) is 10.4. The van der Waals surface area contributed by atoms with Gasteiger partial charge < -0.3 is 5.32 Å². The molecule has 1 unspecified atom stereocenters. The van der Waals surface area contributed by atoms with E-state index in [0.717, 1.165) is 18.7 Å². The van der Waals surface area contributed by atoms with E-state index in [4.69, 9.17) is 4.84 Å². The van der Waals surface area contributed by atoms with Gasteiger partial charge in [0, 0.05) is 6.04 Å². The fourth-order valence-electron chi connectivity index (χ4n) is 2.69. The van der Waals surface area contributed by atoms with Crippen LogP contribution in [0.15, 0.2) is 24.3 Å². The summed E-state index contributed by atoms with van der Waals surface area (Å²) in [6, 6.07) is 8.38. The lowest BCUT2D eigenvalue weighted by atomic mass is 9.96. The van der Waals surface area contributed by atoms with Crippen LogP contribution >= 0.6 is 0 Å². The lowest BCUT2D eigenvalue weighted by Gasteiger charge is -2.27. The summed E-state index contributed by atoms with van der Waals surface area (Å²) in [5, 5.41) is 4.98. The summed E-state index contributed by atoms with van der Waals surface area (Å²) in [6.07, 6.45) is 4.07. The topological polar surface area (TPSA) is 41.6 Å². The first-order valence-corrected chi connectivity index (χ1v) is 6.64. The van der Waals surface area contributed by atoms with Crippen molar-refractivity contribution >= 4 is 11.6 Å². The maximum atomic E-state index is 11.8. The van der Waals surface area contributed by atoms with E-state index in [0.29, 0.717) is 19.1 Å². The molecular formula is C14H18N2O2. The van der Waals surface area contributed by atoms with Gasteiger partial charge in [-0.3, -0.25) is 9.63 Å². The Bertz CT molecular complexity index is 441. The number of anilines is 1. The molecule has 1 aromatic rings. The van der Waals surface area contributed by atoms with Crippen LogP contribution in [0.5, 0.6) is 0 Å². The summed E-state index contributed by atoms with van der Waals surface area (Å²) in [4.78, 5) is 17.2. The summed E-state index contributed by atoms with van der Waals surface area (Å²) < 4.78 is 0. The molecule has 2 saturated heterocycles. The molecule has 1 N–H and O–H groups in total. The molecule has 0 radical (unpaired) electrons. The minimum absolute atomic E-state index is 0.0539. The summed E-state index contributed by atoms with van der Waals surface area (Å²) >= 11 is 0. The maximum Gasteiger partial charge on any atom is 0.253 e. The summed E-state index contributed by atoms with van der Waals surface area (Å²) in [7, 11) is 0. The summed E-state index contributed by atoms with van der Waals surface area (Å²) in [6.45, 7) is 1.54. The first kappa shape index (κ1) is 11.7. The summed E-state index contributed by atoms with van der Waals surface area (Å²) in [5.74, 6) is 0.0539. The van der Waals surface area contributed by atoms with E-state index in [1.54, 1.807) is 0 Å². The number of para-hydroxylation sites is 1. The van der Waals surface area contributed by atoms with Crippen LogP contribution in [-0.2, 0) is 9.63 Å². The molecule has 4 heteroatoms. The molecule has 2 heterocycles.